The summed E-state index contributed by atoms with van der Waals surface area (Å²) in [6, 6.07) is 9.10. The predicted octanol–water partition coefficient (Wildman–Crippen LogP) is 3.53. The molecule has 0 aliphatic carbocycles. The summed E-state index contributed by atoms with van der Waals surface area (Å²) in [7, 11) is 0. The minimum absolute atomic E-state index is 0. The van der Waals surface area contributed by atoms with Gasteiger partial charge in [-0.3, -0.25) is 0 Å². The Morgan fingerprint density at radius 3 is 2.65 bits per heavy atom. The Hall–Kier alpha value is -1.24. The molecule has 1 heterocycles. The molecular weight excluding hydrogens is 399 g/mol. The zero-order valence-corrected chi connectivity index (χ0v) is 16.7. The molecule has 0 fully saturated rings. The maximum Gasteiger partial charge on any atom is 0.191 e. The Morgan fingerprint density at radius 2 is 2.00 bits per heavy atom. The molecule has 128 valence electrons. The van der Waals surface area contributed by atoms with E-state index in [0.717, 1.165) is 32.0 Å². The van der Waals surface area contributed by atoms with Crippen molar-refractivity contribution in [2.75, 3.05) is 24.5 Å². The average molecular weight is 428 g/mol. The third-order valence-corrected chi connectivity index (χ3v) is 3.85. The molecule has 0 saturated carbocycles. The highest BCUT2D eigenvalue weighted by atomic mass is 127. The summed E-state index contributed by atoms with van der Waals surface area (Å²) in [6.07, 6.45) is 5.51. The molecule has 1 aliphatic rings. The molecule has 23 heavy (non-hydrogen) atoms. The van der Waals surface area contributed by atoms with E-state index in [1.54, 1.807) is 0 Å². The number of hydrogen-bond donors (Lipinski definition) is 2. The number of guanidine groups is 1. The normalized spacial score (nSPS) is 15.3. The SMILES string of the molecule is CCNC(=NCc1cccc(N2CC=CC2)c1)NC(C)CC.I. The van der Waals surface area contributed by atoms with E-state index in [0.29, 0.717) is 12.6 Å². The maximum atomic E-state index is 4.70. The Balaban J connectivity index is 0.00000264. The van der Waals surface area contributed by atoms with Crippen LogP contribution in [0.25, 0.3) is 0 Å². The van der Waals surface area contributed by atoms with E-state index in [-0.39, 0.29) is 24.0 Å². The van der Waals surface area contributed by atoms with Crippen LogP contribution in [0, 0.1) is 0 Å². The molecule has 4 nitrogen and oxygen atoms in total. The Labute approximate surface area is 157 Å². The van der Waals surface area contributed by atoms with Crippen molar-refractivity contribution in [2.45, 2.75) is 39.8 Å². The predicted molar refractivity (Wildman–Crippen MR) is 111 cm³/mol. The van der Waals surface area contributed by atoms with Gasteiger partial charge in [-0.05, 0) is 38.0 Å². The van der Waals surface area contributed by atoms with Gasteiger partial charge in [-0.2, -0.15) is 0 Å². The third kappa shape index (κ3) is 6.41. The van der Waals surface area contributed by atoms with Crippen LogP contribution < -0.4 is 15.5 Å². The van der Waals surface area contributed by atoms with E-state index in [1.165, 1.54) is 11.3 Å². The van der Waals surface area contributed by atoms with Crippen LogP contribution in [0.5, 0.6) is 0 Å². The second-order valence-corrected chi connectivity index (χ2v) is 5.70. The number of hydrogen-bond acceptors (Lipinski definition) is 2. The molecule has 0 radical (unpaired) electrons. The number of aliphatic imine (C=N–C) groups is 1. The first-order valence-corrected chi connectivity index (χ1v) is 8.26. The summed E-state index contributed by atoms with van der Waals surface area (Å²) in [4.78, 5) is 7.06. The van der Waals surface area contributed by atoms with Crippen LogP contribution in [0.15, 0.2) is 41.4 Å². The molecule has 1 aliphatic heterocycles. The quantitative estimate of drug-likeness (QED) is 0.315. The molecular formula is C18H29IN4. The Morgan fingerprint density at radius 1 is 1.26 bits per heavy atom. The van der Waals surface area contributed by atoms with Crippen molar-refractivity contribution >= 4 is 35.6 Å². The molecule has 1 aromatic rings. The fraction of sp³-hybridized carbons (Fsp3) is 0.500. The minimum atomic E-state index is 0. The summed E-state index contributed by atoms with van der Waals surface area (Å²) in [5.41, 5.74) is 2.52. The number of halogens is 1. The fourth-order valence-corrected chi connectivity index (χ4v) is 2.37. The smallest absolute Gasteiger partial charge is 0.191 e. The van der Waals surface area contributed by atoms with Gasteiger partial charge in [0.05, 0.1) is 6.54 Å². The second-order valence-electron chi connectivity index (χ2n) is 5.70. The second kappa shape index (κ2) is 10.5. The molecule has 0 aromatic heterocycles. The molecule has 1 atom stereocenters. The van der Waals surface area contributed by atoms with Gasteiger partial charge in [0.2, 0.25) is 0 Å². The van der Waals surface area contributed by atoms with Crippen LogP contribution >= 0.6 is 24.0 Å². The highest BCUT2D eigenvalue weighted by molar-refractivity contribution is 14.0. The van der Waals surface area contributed by atoms with Gasteiger partial charge in [-0.15, -0.1) is 24.0 Å². The van der Waals surface area contributed by atoms with Gasteiger partial charge in [0.25, 0.3) is 0 Å². The van der Waals surface area contributed by atoms with E-state index in [2.05, 4.69) is 72.7 Å². The van der Waals surface area contributed by atoms with Gasteiger partial charge in [-0.1, -0.05) is 31.2 Å². The van der Waals surface area contributed by atoms with Crippen molar-refractivity contribution in [1.82, 2.24) is 10.6 Å². The molecule has 1 aromatic carbocycles. The monoisotopic (exact) mass is 428 g/mol. The van der Waals surface area contributed by atoms with Crippen LogP contribution in [-0.2, 0) is 6.54 Å². The molecule has 0 amide bonds. The molecule has 0 spiro atoms. The summed E-state index contributed by atoms with van der Waals surface area (Å²) in [6.45, 7) is 10.0. The first kappa shape index (κ1) is 19.8. The Bertz CT molecular complexity index is 520. The van der Waals surface area contributed by atoms with E-state index < -0.39 is 0 Å². The van der Waals surface area contributed by atoms with Crippen LogP contribution in [-0.4, -0.2) is 31.6 Å². The molecule has 5 heteroatoms. The highest BCUT2D eigenvalue weighted by Crippen LogP contribution is 2.18. The van der Waals surface area contributed by atoms with Crippen molar-refractivity contribution in [1.29, 1.82) is 0 Å². The van der Waals surface area contributed by atoms with E-state index in [1.807, 2.05) is 0 Å². The molecule has 0 saturated heterocycles. The molecule has 2 rings (SSSR count). The van der Waals surface area contributed by atoms with Crippen LogP contribution in [0.2, 0.25) is 0 Å². The van der Waals surface area contributed by atoms with Gasteiger partial charge >= 0.3 is 0 Å². The van der Waals surface area contributed by atoms with Crippen molar-refractivity contribution in [3.05, 3.63) is 42.0 Å². The maximum absolute atomic E-state index is 4.70. The van der Waals surface area contributed by atoms with Gasteiger partial charge in [0.1, 0.15) is 0 Å². The van der Waals surface area contributed by atoms with Gasteiger partial charge in [-0.25, -0.2) is 4.99 Å². The molecule has 1 unspecified atom stereocenters. The Kier molecular flexibility index (Phi) is 9.06. The highest BCUT2D eigenvalue weighted by Gasteiger charge is 2.08. The van der Waals surface area contributed by atoms with Crippen molar-refractivity contribution in [2.24, 2.45) is 4.99 Å². The largest absolute Gasteiger partial charge is 0.364 e. The number of nitrogens with zero attached hydrogens (tertiary/aromatic N) is 2. The molecule has 0 bridgehead atoms. The lowest BCUT2D eigenvalue weighted by Crippen LogP contribution is -2.41. The topological polar surface area (TPSA) is 39.7 Å². The first-order chi connectivity index (χ1) is 10.7. The lowest BCUT2D eigenvalue weighted by atomic mass is 10.2. The number of benzene rings is 1. The van der Waals surface area contributed by atoms with Crippen LogP contribution in [0.3, 0.4) is 0 Å². The number of nitrogens with one attached hydrogen (secondary N) is 2. The first-order valence-electron chi connectivity index (χ1n) is 8.26. The van der Waals surface area contributed by atoms with Gasteiger partial charge < -0.3 is 15.5 Å². The summed E-state index contributed by atoms with van der Waals surface area (Å²) >= 11 is 0. The molecule has 2 N–H and O–H groups in total. The van der Waals surface area contributed by atoms with Gasteiger partial charge in [0.15, 0.2) is 5.96 Å². The summed E-state index contributed by atoms with van der Waals surface area (Å²) in [5, 5.41) is 6.73. The minimum Gasteiger partial charge on any atom is -0.364 e. The van der Waals surface area contributed by atoms with Crippen LogP contribution in [0.4, 0.5) is 5.69 Å². The fourth-order valence-electron chi connectivity index (χ4n) is 2.37. The van der Waals surface area contributed by atoms with E-state index >= 15 is 0 Å². The summed E-state index contributed by atoms with van der Waals surface area (Å²) < 4.78 is 0. The zero-order chi connectivity index (χ0) is 15.8. The average Bonchev–Trinajstić information content (AvgIpc) is 3.07. The lowest BCUT2D eigenvalue weighted by molar-refractivity contribution is 0.624. The van der Waals surface area contributed by atoms with Gasteiger partial charge in [0, 0.05) is 31.4 Å². The van der Waals surface area contributed by atoms with Crippen molar-refractivity contribution < 1.29 is 0 Å². The van der Waals surface area contributed by atoms with Crippen molar-refractivity contribution in [3.63, 3.8) is 0 Å². The van der Waals surface area contributed by atoms with E-state index in [4.69, 9.17) is 4.99 Å². The third-order valence-electron chi connectivity index (χ3n) is 3.85. The number of rotatable bonds is 6. The summed E-state index contributed by atoms with van der Waals surface area (Å²) in [5.74, 6) is 0.894. The zero-order valence-electron chi connectivity index (χ0n) is 14.4. The van der Waals surface area contributed by atoms with Crippen molar-refractivity contribution in [3.8, 4) is 0 Å². The lowest BCUT2D eigenvalue weighted by Gasteiger charge is -2.18. The van der Waals surface area contributed by atoms with E-state index in [9.17, 15) is 0 Å². The number of anilines is 1. The van der Waals surface area contributed by atoms with Crippen LogP contribution in [0.1, 0.15) is 32.8 Å². The standard InChI is InChI=1S/C18H28N4.HI/c1-4-15(3)21-18(19-5-2)20-14-16-9-8-10-17(13-16)22-11-6-7-12-22;/h6-10,13,15H,4-5,11-12,14H2,1-3H3,(H2,19,20,21);1H.